The molecular formula is C6H9NO2. The summed E-state index contributed by atoms with van der Waals surface area (Å²) in [6.07, 6.45) is 2.66. The van der Waals surface area contributed by atoms with Crippen molar-refractivity contribution in [1.29, 1.82) is 0 Å². The summed E-state index contributed by atoms with van der Waals surface area (Å²) < 4.78 is 0. The van der Waals surface area contributed by atoms with Gasteiger partial charge in [0, 0.05) is 6.54 Å². The summed E-state index contributed by atoms with van der Waals surface area (Å²) in [5.74, 6) is 0. The second-order valence-electron chi connectivity index (χ2n) is 2.95. The molecule has 0 aromatic heterocycles. The van der Waals surface area contributed by atoms with Crippen LogP contribution in [0.3, 0.4) is 0 Å². The third-order valence-electron chi connectivity index (χ3n) is 2.44. The largest absolute Gasteiger partial charge is 0.465 e. The Morgan fingerprint density at radius 1 is 1.56 bits per heavy atom. The lowest BCUT2D eigenvalue weighted by molar-refractivity contribution is 0.160. The molecule has 2 fully saturated rings. The third kappa shape index (κ3) is 0.491. The van der Waals surface area contributed by atoms with Gasteiger partial charge in [-0.1, -0.05) is 0 Å². The molecule has 1 aliphatic heterocycles. The van der Waals surface area contributed by atoms with Crippen molar-refractivity contribution < 1.29 is 9.90 Å². The Kier molecular flexibility index (Phi) is 0.693. The maximum Gasteiger partial charge on any atom is 0.407 e. The number of carbonyl (C=O) groups is 1. The van der Waals surface area contributed by atoms with Gasteiger partial charge in [-0.3, -0.25) is 4.90 Å². The molecular weight excluding hydrogens is 118 g/mol. The van der Waals surface area contributed by atoms with Crippen molar-refractivity contribution >= 4 is 6.09 Å². The summed E-state index contributed by atoms with van der Waals surface area (Å²) in [6.45, 7) is 0.794. The molecule has 1 aliphatic carbocycles. The van der Waals surface area contributed by atoms with Gasteiger partial charge in [-0.15, -0.1) is 0 Å². The van der Waals surface area contributed by atoms with Crippen LogP contribution >= 0.6 is 0 Å². The topological polar surface area (TPSA) is 40.3 Å². The van der Waals surface area contributed by atoms with Gasteiger partial charge in [0.05, 0.1) is 5.54 Å². The van der Waals surface area contributed by atoms with Crippen LogP contribution in [0.5, 0.6) is 0 Å². The molecule has 0 bridgehead atoms. The quantitative estimate of drug-likeness (QED) is 0.491. The lowest BCUT2D eigenvalue weighted by atomic mass is 9.85. The summed E-state index contributed by atoms with van der Waals surface area (Å²) >= 11 is 0. The van der Waals surface area contributed by atoms with Gasteiger partial charge < -0.3 is 5.11 Å². The summed E-state index contributed by atoms with van der Waals surface area (Å²) in [6, 6.07) is 0. The molecule has 2 rings (SSSR count). The predicted molar refractivity (Wildman–Crippen MR) is 31.3 cm³/mol. The number of hydrogen-bond acceptors (Lipinski definition) is 1. The van der Waals surface area contributed by atoms with Crippen molar-refractivity contribution in [3.05, 3.63) is 0 Å². The number of amides is 1. The minimum atomic E-state index is -0.741. The maximum atomic E-state index is 10.3. The van der Waals surface area contributed by atoms with Crippen molar-refractivity contribution in [2.24, 2.45) is 0 Å². The van der Waals surface area contributed by atoms with E-state index in [1.54, 1.807) is 0 Å². The molecule has 1 saturated carbocycles. The lowest BCUT2D eigenvalue weighted by Crippen LogP contribution is -2.29. The Balaban J connectivity index is 2.01. The molecule has 3 heteroatoms. The van der Waals surface area contributed by atoms with E-state index in [2.05, 4.69) is 0 Å². The van der Waals surface area contributed by atoms with Gasteiger partial charge in [0.25, 0.3) is 0 Å². The zero-order chi connectivity index (χ0) is 6.48. The number of hydrogen-bond donors (Lipinski definition) is 1. The van der Waals surface area contributed by atoms with Crippen molar-refractivity contribution in [3.63, 3.8) is 0 Å². The van der Waals surface area contributed by atoms with Gasteiger partial charge in [0.1, 0.15) is 0 Å². The first-order valence-electron chi connectivity index (χ1n) is 3.25. The Hall–Kier alpha value is -0.730. The zero-order valence-electron chi connectivity index (χ0n) is 5.13. The van der Waals surface area contributed by atoms with Gasteiger partial charge in [-0.25, -0.2) is 4.79 Å². The normalized spacial score (nSPS) is 27.8. The first kappa shape index (κ1) is 5.09. The molecule has 1 N–H and O–H groups in total. The van der Waals surface area contributed by atoms with Crippen molar-refractivity contribution in [2.75, 3.05) is 6.54 Å². The molecule has 1 saturated heterocycles. The summed E-state index contributed by atoms with van der Waals surface area (Å²) in [5.41, 5.74) is 0.145. The van der Waals surface area contributed by atoms with Crippen LogP contribution in [-0.4, -0.2) is 28.2 Å². The molecule has 1 amide bonds. The molecule has 50 valence electrons. The van der Waals surface area contributed by atoms with Crippen LogP contribution in [0.2, 0.25) is 0 Å². The van der Waals surface area contributed by atoms with Gasteiger partial charge in [-0.05, 0) is 19.3 Å². The fourth-order valence-electron chi connectivity index (χ4n) is 1.54. The van der Waals surface area contributed by atoms with E-state index >= 15 is 0 Å². The second kappa shape index (κ2) is 1.23. The van der Waals surface area contributed by atoms with E-state index in [-0.39, 0.29) is 5.54 Å². The molecule has 0 aromatic carbocycles. The van der Waals surface area contributed by atoms with Crippen LogP contribution in [0.15, 0.2) is 0 Å². The molecule has 0 atom stereocenters. The number of carboxylic acid groups (broad SMARTS) is 1. The molecule has 0 unspecified atom stereocenters. The molecule has 1 heterocycles. The minimum Gasteiger partial charge on any atom is -0.465 e. The third-order valence-corrected chi connectivity index (χ3v) is 2.44. The second-order valence-corrected chi connectivity index (χ2v) is 2.95. The van der Waals surface area contributed by atoms with Crippen LogP contribution in [0.1, 0.15) is 19.3 Å². The summed E-state index contributed by atoms with van der Waals surface area (Å²) in [4.78, 5) is 11.8. The SMILES string of the molecule is O=C(O)N1CC12CCC2. The van der Waals surface area contributed by atoms with Crippen LogP contribution < -0.4 is 0 Å². The Labute approximate surface area is 53.3 Å². The highest BCUT2D eigenvalue weighted by Gasteiger charge is 2.58. The average Bonchev–Trinajstić information content (AvgIpc) is 2.34. The van der Waals surface area contributed by atoms with Crippen molar-refractivity contribution in [2.45, 2.75) is 24.8 Å². The van der Waals surface area contributed by atoms with E-state index < -0.39 is 6.09 Å². The van der Waals surface area contributed by atoms with Gasteiger partial charge in [0.2, 0.25) is 0 Å². The summed E-state index contributed by atoms with van der Waals surface area (Å²) in [7, 11) is 0. The van der Waals surface area contributed by atoms with Gasteiger partial charge in [-0.2, -0.15) is 0 Å². The van der Waals surface area contributed by atoms with Gasteiger partial charge in [0.15, 0.2) is 0 Å². The minimum absolute atomic E-state index is 0.145. The fourth-order valence-corrected chi connectivity index (χ4v) is 1.54. The lowest BCUT2D eigenvalue weighted by Gasteiger charge is -2.24. The van der Waals surface area contributed by atoms with Crippen LogP contribution in [-0.2, 0) is 0 Å². The fraction of sp³-hybridized carbons (Fsp3) is 0.833. The molecule has 9 heavy (non-hydrogen) atoms. The molecule has 3 nitrogen and oxygen atoms in total. The van der Waals surface area contributed by atoms with Gasteiger partial charge >= 0.3 is 6.09 Å². The molecule has 1 spiro atoms. The standard InChI is InChI=1S/C6H9NO2/c8-5(9)7-4-6(7)2-1-3-6/h1-4H2,(H,8,9). The van der Waals surface area contributed by atoms with E-state index in [0.29, 0.717) is 0 Å². The van der Waals surface area contributed by atoms with Crippen LogP contribution in [0.4, 0.5) is 4.79 Å². The molecule has 0 aromatic rings. The maximum absolute atomic E-state index is 10.3. The first-order valence-corrected chi connectivity index (χ1v) is 3.25. The van der Waals surface area contributed by atoms with Crippen LogP contribution in [0.25, 0.3) is 0 Å². The highest BCUT2D eigenvalue weighted by molar-refractivity contribution is 5.70. The Bertz CT molecular complexity index is 162. The predicted octanol–water partition coefficient (Wildman–Crippen LogP) is 0.903. The average molecular weight is 127 g/mol. The number of nitrogens with zero attached hydrogens (tertiary/aromatic N) is 1. The molecule has 0 radical (unpaired) electrons. The van der Waals surface area contributed by atoms with E-state index in [1.807, 2.05) is 0 Å². The van der Waals surface area contributed by atoms with E-state index in [0.717, 1.165) is 19.4 Å². The van der Waals surface area contributed by atoms with E-state index in [1.165, 1.54) is 11.3 Å². The first-order chi connectivity index (χ1) is 4.25. The highest BCUT2D eigenvalue weighted by atomic mass is 16.4. The zero-order valence-corrected chi connectivity index (χ0v) is 5.13. The molecule has 2 aliphatic rings. The summed E-state index contributed by atoms with van der Waals surface area (Å²) in [5, 5.41) is 8.48. The number of rotatable bonds is 0. The Morgan fingerprint density at radius 3 is 2.33 bits per heavy atom. The van der Waals surface area contributed by atoms with E-state index in [9.17, 15) is 4.79 Å². The monoisotopic (exact) mass is 127 g/mol. The smallest absolute Gasteiger partial charge is 0.407 e. The van der Waals surface area contributed by atoms with Crippen molar-refractivity contribution in [1.82, 2.24) is 4.90 Å². The van der Waals surface area contributed by atoms with E-state index in [4.69, 9.17) is 5.11 Å². The van der Waals surface area contributed by atoms with Crippen LogP contribution in [0, 0.1) is 0 Å². The highest BCUT2D eigenvalue weighted by Crippen LogP contribution is 2.48. The van der Waals surface area contributed by atoms with Crippen molar-refractivity contribution in [3.8, 4) is 0 Å². The Morgan fingerprint density at radius 2 is 2.22 bits per heavy atom.